The first-order valence-electron chi connectivity index (χ1n) is 8.15. The normalized spacial score (nSPS) is 13.8. The summed E-state index contributed by atoms with van der Waals surface area (Å²) in [5.41, 5.74) is 0.739. The van der Waals surface area contributed by atoms with Gasteiger partial charge < -0.3 is 15.4 Å². The van der Waals surface area contributed by atoms with Gasteiger partial charge in [-0.2, -0.15) is 0 Å². The highest BCUT2D eigenvalue weighted by Gasteiger charge is 2.65. The van der Waals surface area contributed by atoms with Crippen molar-refractivity contribution in [1.82, 2.24) is 10.3 Å². The van der Waals surface area contributed by atoms with E-state index in [0.29, 0.717) is 5.69 Å². The Morgan fingerprint density at radius 1 is 1.07 bits per heavy atom. The van der Waals surface area contributed by atoms with Crippen LogP contribution in [0.25, 0.3) is 0 Å². The summed E-state index contributed by atoms with van der Waals surface area (Å²) in [5, 5.41) is 4.99. The Kier molecular flexibility index (Phi) is 5.54. The topological polar surface area (TPSA) is 80.3 Å². The van der Waals surface area contributed by atoms with Crippen molar-refractivity contribution in [3.05, 3.63) is 47.7 Å². The van der Waals surface area contributed by atoms with E-state index in [1.807, 2.05) is 0 Å². The van der Waals surface area contributed by atoms with Gasteiger partial charge in [0.05, 0.1) is 6.54 Å². The smallest absolute Gasteiger partial charge is 0.310 e. The number of ether oxygens (including phenoxy) is 1. The number of anilines is 1. The highest BCUT2D eigenvalue weighted by atomic mass is 32.5. The number of rotatable bonds is 7. The molecule has 2 N–H and O–H groups in total. The van der Waals surface area contributed by atoms with Gasteiger partial charge in [-0.1, -0.05) is 19.4 Å². The van der Waals surface area contributed by atoms with E-state index in [1.54, 1.807) is 6.92 Å². The van der Waals surface area contributed by atoms with Crippen LogP contribution in [0.5, 0.6) is 5.75 Å². The first-order chi connectivity index (χ1) is 13.1. The second-order valence-electron chi connectivity index (χ2n) is 6.11. The molecule has 0 aliphatic rings. The number of pyridine rings is 1. The van der Waals surface area contributed by atoms with Crippen molar-refractivity contribution in [2.24, 2.45) is 0 Å². The number of carbonyl (C=O) groups is 2. The predicted octanol–water partition coefficient (Wildman–Crippen LogP) is 4.81. The van der Waals surface area contributed by atoms with Gasteiger partial charge in [0.25, 0.3) is 5.91 Å². The lowest BCUT2D eigenvalue weighted by molar-refractivity contribution is -0.114. The van der Waals surface area contributed by atoms with Gasteiger partial charge in [-0.15, -0.1) is 0 Å². The Bertz CT molecular complexity index is 934. The second-order valence-corrected chi connectivity index (χ2v) is 8.52. The largest absolute Gasteiger partial charge is 0.492 e. The zero-order valence-electron chi connectivity index (χ0n) is 15.3. The summed E-state index contributed by atoms with van der Waals surface area (Å²) in [7, 11) is -9.72. The van der Waals surface area contributed by atoms with Crippen LogP contribution in [0.3, 0.4) is 0 Å². The Balaban J connectivity index is 1.90. The van der Waals surface area contributed by atoms with Crippen LogP contribution in [0.15, 0.2) is 41.3 Å². The molecule has 0 aliphatic carbocycles. The van der Waals surface area contributed by atoms with Crippen molar-refractivity contribution >= 4 is 27.9 Å². The minimum atomic E-state index is -9.72. The Labute approximate surface area is 163 Å². The molecule has 2 amide bonds. The number of nitrogens with one attached hydrogen (secondary N) is 2. The number of hydrogen-bond donors (Lipinski definition) is 2. The van der Waals surface area contributed by atoms with Crippen LogP contribution in [-0.4, -0.2) is 29.9 Å². The lowest BCUT2D eigenvalue weighted by Crippen LogP contribution is -2.28. The number of nitrogens with zero attached hydrogens (tertiary/aromatic N) is 1. The van der Waals surface area contributed by atoms with E-state index in [1.165, 1.54) is 19.1 Å². The van der Waals surface area contributed by atoms with Gasteiger partial charge in [0.1, 0.15) is 23.1 Å². The predicted molar refractivity (Wildman–Crippen MR) is 98.9 cm³/mol. The molecule has 0 spiro atoms. The molecule has 0 radical (unpaired) electrons. The SMILES string of the molecule is CC(=O)Nc1cc(C(=O)NCCOc2ccc(S(F)(F)(F)(F)F)cc2)cc(C)n1. The summed E-state index contributed by atoms with van der Waals surface area (Å²) in [6.07, 6.45) is 0. The van der Waals surface area contributed by atoms with E-state index >= 15 is 0 Å². The van der Waals surface area contributed by atoms with E-state index in [-0.39, 0.29) is 48.3 Å². The van der Waals surface area contributed by atoms with E-state index in [0.717, 1.165) is 12.1 Å². The van der Waals surface area contributed by atoms with Crippen LogP contribution in [0.2, 0.25) is 0 Å². The van der Waals surface area contributed by atoms with Crippen LogP contribution >= 0.6 is 10.2 Å². The van der Waals surface area contributed by atoms with Crippen molar-refractivity contribution in [3.63, 3.8) is 0 Å². The molecule has 1 aromatic heterocycles. The van der Waals surface area contributed by atoms with Crippen molar-refractivity contribution in [1.29, 1.82) is 0 Å². The molecule has 0 bridgehead atoms. The van der Waals surface area contributed by atoms with Crippen molar-refractivity contribution < 1.29 is 33.8 Å². The number of aromatic nitrogens is 1. The van der Waals surface area contributed by atoms with Crippen LogP contribution < -0.4 is 15.4 Å². The summed E-state index contributed by atoms with van der Waals surface area (Å²) in [5.74, 6) is -0.679. The third-order valence-electron chi connectivity index (χ3n) is 3.45. The quantitative estimate of drug-likeness (QED) is 0.479. The zero-order chi connectivity index (χ0) is 21.9. The summed E-state index contributed by atoms with van der Waals surface area (Å²) in [4.78, 5) is 25.3. The third-order valence-corrected chi connectivity index (χ3v) is 4.61. The maximum atomic E-state index is 12.6. The Hall–Kier alpha value is -2.89. The van der Waals surface area contributed by atoms with E-state index in [2.05, 4.69) is 15.6 Å². The first kappa shape index (κ1) is 22.4. The lowest BCUT2D eigenvalue weighted by Gasteiger charge is -2.40. The van der Waals surface area contributed by atoms with E-state index in [9.17, 15) is 29.0 Å². The molecule has 0 aliphatic heterocycles. The molecule has 0 saturated heterocycles. The Morgan fingerprint density at radius 2 is 1.69 bits per heavy atom. The van der Waals surface area contributed by atoms with Crippen molar-refractivity contribution in [2.45, 2.75) is 18.7 Å². The third kappa shape index (κ3) is 6.89. The Morgan fingerprint density at radius 3 is 2.24 bits per heavy atom. The van der Waals surface area contributed by atoms with Gasteiger partial charge >= 0.3 is 10.2 Å². The summed E-state index contributed by atoms with van der Waals surface area (Å²) in [6, 6.07) is 4.93. The van der Waals surface area contributed by atoms with Gasteiger partial charge in [-0.3, -0.25) is 9.59 Å². The molecule has 0 fully saturated rings. The molecular formula is C17H18F5N3O3S. The van der Waals surface area contributed by atoms with Crippen LogP contribution in [0.1, 0.15) is 23.0 Å². The van der Waals surface area contributed by atoms with Crippen molar-refractivity contribution in [3.8, 4) is 5.75 Å². The van der Waals surface area contributed by atoms with Crippen LogP contribution in [0.4, 0.5) is 25.2 Å². The number of benzene rings is 1. The van der Waals surface area contributed by atoms with Gasteiger partial charge in [0, 0.05) is 18.2 Å². The lowest BCUT2D eigenvalue weighted by atomic mass is 10.2. The first-order valence-corrected chi connectivity index (χ1v) is 10.1. The molecule has 2 rings (SSSR count). The molecule has 12 heteroatoms. The summed E-state index contributed by atoms with van der Waals surface area (Å²) < 4.78 is 68.4. The average Bonchev–Trinajstić information content (AvgIpc) is 2.55. The molecule has 29 heavy (non-hydrogen) atoms. The number of hydrogen-bond acceptors (Lipinski definition) is 4. The van der Waals surface area contributed by atoms with E-state index in [4.69, 9.17) is 4.74 Å². The molecule has 160 valence electrons. The fourth-order valence-corrected chi connectivity index (χ4v) is 2.92. The number of carbonyl (C=O) groups excluding carboxylic acids is 2. The second kappa shape index (κ2) is 7.17. The molecule has 6 nitrogen and oxygen atoms in total. The number of amides is 2. The van der Waals surface area contributed by atoms with Gasteiger partial charge in [0.15, 0.2) is 0 Å². The molecule has 1 heterocycles. The average molecular weight is 439 g/mol. The highest BCUT2D eigenvalue weighted by Crippen LogP contribution is 3.02. The van der Waals surface area contributed by atoms with Gasteiger partial charge in [-0.25, -0.2) is 4.98 Å². The number of halogens is 5. The van der Waals surface area contributed by atoms with Gasteiger partial charge in [-0.05, 0) is 43.3 Å². The minimum absolute atomic E-state index is 0.00101. The number of aryl methyl sites for hydroxylation is 1. The van der Waals surface area contributed by atoms with Crippen LogP contribution in [-0.2, 0) is 4.79 Å². The molecule has 0 saturated carbocycles. The monoisotopic (exact) mass is 439 g/mol. The fourth-order valence-electron chi connectivity index (χ4n) is 2.27. The summed E-state index contributed by atoms with van der Waals surface area (Å²) >= 11 is 0. The van der Waals surface area contributed by atoms with Crippen LogP contribution in [0, 0.1) is 6.92 Å². The summed E-state index contributed by atoms with van der Waals surface area (Å²) in [6.45, 7) is 2.83. The maximum Gasteiger partial charge on any atom is 0.310 e. The minimum Gasteiger partial charge on any atom is -0.492 e. The molecule has 2 aromatic rings. The van der Waals surface area contributed by atoms with Crippen molar-refractivity contribution in [2.75, 3.05) is 18.5 Å². The van der Waals surface area contributed by atoms with E-state index < -0.39 is 21.0 Å². The maximum absolute atomic E-state index is 12.6. The molecule has 0 atom stereocenters. The standard InChI is InChI=1S/C17H18F5N3O3S/c1-11-9-13(10-16(24-11)25-12(2)26)17(27)23-7-8-28-14-3-5-15(6-4-14)29(18,19,20,21)22/h3-6,9-10H,7-8H2,1-2H3,(H,23,27)(H,24,25,26). The zero-order valence-corrected chi connectivity index (χ0v) is 16.2. The highest BCUT2D eigenvalue weighted by molar-refractivity contribution is 8.45. The fraction of sp³-hybridized carbons (Fsp3) is 0.235. The molecular weight excluding hydrogens is 421 g/mol. The molecule has 1 aromatic carbocycles. The molecule has 0 unspecified atom stereocenters. The van der Waals surface area contributed by atoms with Gasteiger partial charge in [0.2, 0.25) is 5.91 Å².